The fourth-order valence-electron chi connectivity index (χ4n) is 2.13. The highest BCUT2D eigenvalue weighted by atomic mass is 127. The molecule has 0 aliphatic heterocycles. The van der Waals surface area contributed by atoms with E-state index in [0.29, 0.717) is 0 Å². The van der Waals surface area contributed by atoms with Gasteiger partial charge in [0.1, 0.15) is 0 Å². The maximum absolute atomic E-state index is 11.9. The molecule has 2 aromatic rings. The Morgan fingerprint density at radius 3 is 2.75 bits per heavy atom. The van der Waals surface area contributed by atoms with Crippen molar-refractivity contribution in [2.45, 2.75) is 0 Å². The van der Waals surface area contributed by atoms with Gasteiger partial charge in [0, 0.05) is 5.39 Å². The molecule has 1 N–H and O–H groups in total. The Hall–Kier alpha value is -1.36. The molecule has 16 heavy (non-hydrogen) atoms. The molecule has 2 aromatic carbocycles. The van der Waals surface area contributed by atoms with E-state index in [0.717, 1.165) is 27.6 Å². The smallest absolute Gasteiger partial charge is 0.188 e. The Labute approximate surface area is 107 Å². The van der Waals surface area contributed by atoms with Gasteiger partial charge in [-0.25, -0.2) is 0 Å². The number of anilines is 1. The van der Waals surface area contributed by atoms with Crippen LogP contribution in [0.1, 0.15) is 15.9 Å². The number of allylic oxidation sites excluding steroid dienone is 1. The normalized spacial score (nSPS) is 13.2. The molecule has 3 rings (SSSR count). The van der Waals surface area contributed by atoms with E-state index >= 15 is 0 Å². The number of halogens is 1. The molecule has 0 saturated carbocycles. The van der Waals surface area contributed by atoms with Crippen molar-refractivity contribution >= 4 is 51.2 Å². The first-order valence-electron chi connectivity index (χ1n) is 4.96. The van der Waals surface area contributed by atoms with Crippen LogP contribution in [0.15, 0.2) is 36.4 Å². The van der Waals surface area contributed by atoms with Crippen molar-refractivity contribution in [2.24, 2.45) is 0 Å². The first kappa shape index (κ1) is 9.84. The van der Waals surface area contributed by atoms with Gasteiger partial charge < -0.3 is 3.53 Å². The monoisotopic (exact) mass is 321 g/mol. The van der Waals surface area contributed by atoms with E-state index in [4.69, 9.17) is 0 Å². The summed E-state index contributed by atoms with van der Waals surface area (Å²) >= 11 is 2.05. The summed E-state index contributed by atoms with van der Waals surface area (Å²) in [6.07, 6.45) is 3.52. The number of carbonyl (C=O) groups is 1. The van der Waals surface area contributed by atoms with E-state index in [1.807, 2.05) is 36.4 Å². The zero-order valence-corrected chi connectivity index (χ0v) is 10.5. The largest absolute Gasteiger partial charge is 0.328 e. The minimum Gasteiger partial charge on any atom is -0.328 e. The van der Waals surface area contributed by atoms with Gasteiger partial charge in [-0.1, -0.05) is 30.3 Å². The third kappa shape index (κ3) is 1.28. The molecule has 0 heterocycles. The SMILES string of the molecule is O=C1C=Cc2cccc3ccc(NI)c1c23. The summed E-state index contributed by atoms with van der Waals surface area (Å²) < 4.78 is 3.05. The predicted octanol–water partition coefficient (Wildman–Crippen LogP) is 3.81. The van der Waals surface area contributed by atoms with Crippen molar-refractivity contribution in [1.82, 2.24) is 0 Å². The fourth-order valence-corrected chi connectivity index (χ4v) is 2.58. The van der Waals surface area contributed by atoms with Gasteiger partial charge in [0.15, 0.2) is 5.78 Å². The molecule has 78 valence electrons. The second kappa shape index (κ2) is 3.59. The summed E-state index contributed by atoms with van der Waals surface area (Å²) in [4.78, 5) is 11.9. The van der Waals surface area contributed by atoms with Crippen molar-refractivity contribution in [2.75, 3.05) is 3.53 Å². The first-order chi connectivity index (χ1) is 7.81. The Bertz CT molecular complexity index is 631. The lowest BCUT2D eigenvalue weighted by molar-refractivity contribution is 0.104. The zero-order valence-electron chi connectivity index (χ0n) is 8.33. The van der Waals surface area contributed by atoms with E-state index in [1.165, 1.54) is 0 Å². The maximum Gasteiger partial charge on any atom is 0.188 e. The molecule has 3 heteroatoms. The van der Waals surface area contributed by atoms with E-state index in [-0.39, 0.29) is 5.78 Å². The van der Waals surface area contributed by atoms with Gasteiger partial charge in [0.2, 0.25) is 0 Å². The number of rotatable bonds is 1. The summed E-state index contributed by atoms with van der Waals surface area (Å²) in [5.41, 5.74) is 2.78. The highest BCUT2D eigenvalue weighted by Crippen LogP contribution is 2.33. The Balaban J connectivity index is 2.53. The van der Waals surface area contributed by atoms with Gasteiger partial charge >= 0.3 is 0 Å². The van der Waals surface area contributed by atoms with Crippen molar-refractivity contribution in [3.05, 3.63) is 47.5 Å². The number of hydrogen-bond donors (Lipinski definition) is 1. The van der Waals surface area contributed by atoms with Gasteiger partial charge in [0.25, 0.3) is 0 Å². The van der Waals surface area contributed by atoms with Crippen LogP contribution in [0.25, 0.3) is 16.8 Å². The Morgan fingerprint density at radius 1 is 1.06 bits per heavy atom. The summed E-state index contributed by atoms with van der Waals surface area (Å²) in [6.45, 7) is 0. The third-order valence-electron chi connectivity index (χ3n) is 2.84. The van der Waals surface area contributed by atoms with Gasteiger partial charge in [-0.05, 0) is 23.1 Å². The van der Waals surface area contributed by atoms with Crippen LogP contribution < -0.4 is 3.53 Å². The molecule has 0 atom stereocenters. The number of benzene rings is 2. The third-order valence-corrected chi connectivity index (χ3v) is 3.42. The molecule has 0 unspecified atom stereocenters. The maximum atomic E-state index is 11.9. The van der Waals surface area contributed by atoms with Crippen LogP contribution in [0.4, 0.5) is 5.69 Å². The summed E-state index contributed by atoms with van der Waals surface area (Å²) in [7, 11) is 0. The quantitative estimate of drug-likeness (QED) is 0.639. The average Bonchev–Trinajstić information content (AvgIpc) is 2.33. The van der Waals surface area contributed by atoms with Crippen LogP contribution in [0, 0.1) is 0 Å². The predicted molar refractivity (Wildman–Crippen MR) is 75.0 cm³/mol. The van der Waals surface area contributed by atoms with E-state index in [1.54, 1.807) is 6.08 Å². The van der Waals surface area contributed by atoms with Gasteiger partial charge in [-0.15, -0.1) is 0 Å². The van der Waals surface area contributed by atoms with Gasteiger partial charge in [-0.2, -0.15) is 0 Å². The second-order valence-electron chi connectivity index (χ2n) is 3.73. The summed E-state index contributed by atoms with van der Waals surface area (Å²) in [6, 6.07) is 10.1. The fraction of sp³-hybridized carbons (Fsp3) is 0. The molecule has 2 nitrogen and oxygen atoms in total. The molecule has 0 radical (unpaired) electrons. The minimum absolute atomic E-state index is 0.0727. The lowest BCUT2D eigenvalue weighted by Crippen LogP contribution is -2.04. The minimum atomic E-state index is 0.0727. The van der Waals surface area contributed by atoms with Crippen LogP contribution in [-0.2, 0) is 0 Å². The molecule has 0 spiro atoms. The van der Waals surface area contributed by atoms with Crippen molar-refractivity contribution < 1.29 is 4.79 Å². The first-order valence-corrected chi connectivity index (χ1v) is 6.04. The van der Waals surface area contributed by atoms with Gasteiger partial charge in [-0.3, -0.25) is 4.79 Å². The summed E-state index contributed by atoms with van der Waals surface area (Å²) in [5, 5.41) is 2.16. The van der Waals surface area contributed by atoms with Crippen LogP contribution in [0.2, 0.25) is 0 Å². The lowest BCUT2D eigenvalue weighted by Gasteiger charge is -2.14. The van der Waals surface area contributed by atoms with E-state index < -0.39 is 0 Å². The molecule has 1 aliphatic carbocycles. The van der Waals surface area contributed by atoms with Crippen LogP contribution in [-0.4, -0.2) is 5.78 Å². The number of carbonyl (C=O) groups excluding carboxylic acids is 1. The molecule has 0 fully saturated rings. The number of ketones is 1. The molecular weight excluding hydrogens is 313 g/mol. The molecular formula is C13H8INO. The van der Waals surface area contributed by atoms with Crippen LogP contribution in [0.5, 0.6) is 0 Å². The number of hydrogen-bond acceptors (Lipinski definition) is 2. The Morgan fingerprint density at radius 2 is 1.94 bits per heavy atom. The standard InChI is InChI=1S/C13H8INO/c14-15-10-6-4-8-2-1-3-9-5-7-11(16)13(10)12(8)9/h1-7,15H. The van der Waals surface area contributed by atoms with Crippen LogP contribution in [0.3, 0.4) is 0 Å². The van der Waals surface area contributed by atoms with Crippen molar-refractivity contribution in [1.29, 1.82) is 0 Å². The van der Waals surface area contributed by atoms with E-state index in [9.17, 15) is 4.79 Å². The zero-order chi connectivity index (χ0) is 11.1. The molecule has 0 aromatic heterocycles. The number of nitrogens with one attached hydrogen (secondary N) is 1. The highest BCUT2D eigenvalue weighted by Gasteiger charge is 2.18. The van der Waals surface area contributed by atoms with Crippen molar-refractivity contribution in [3.8, 4) is 0 Å². The molecule has 0 bridgehead atoms. The van der Waals surface area contributed by atoms with Gasteiger partial charge in [0.05, 0.1) is 34.1 Å². The lowest BCUT2D eigenvalue weighted by atomic mass is 9.91. The molecule has 1 aliphatic rings. The molecule has 0 saturated heterocycles. The molecule has 0 amide bonds. The van der Waals surface area contributed by atoms with Crippen molar-refractivity contribution in [3.63, 3.8) is 0 Å². The van der Waals surface area contributed by atoms with E-state index in [2.05, 4.69) is 26.4 Å². The van der Waals surface area contributed by atoms with Crippen LogP contribution >= 0.6 is 22.9 Å². The highest BCUT2D eigenvalue weighted by molar-refractivity contribution is 14.1. The second-order valence-corrected chi connectivity index (χ2v) is 4.26. The average molecular weight is 321 g/mol. The Kier molecular flexibility index (Phi) is 2.21. The summed E-state index contributed by atoms with van der Waals surface area (Å²) in [5.74, 6) is 0.0727. The topological polar surface area (TPSA) is 29.1 Å².